The van der Waals surface area contributed by atoms with Crippen LogP contribution in [0.4, 0.5) is 5.69 Å². The molecule has 5 rings (SSSR count). The first-order chi connectivity index (χ1) is 15.3. The minimum absolute atomic E-state index is 0.0383. The molecule has 0 bridgehead atoms. The van der Waals surface area contributed by atoms with E-state index in [1.165, 1.54) is 5.69 Å². The third-order valence-corrected chi connectivity index (χ3v) is 5.82. The van der Waals surface area contributed by atoms with E-state index in [1.807, 2.05) is 48.1 Å². The summed E-state index contributed by atoms with van der Waals surface area (Å²) < 4.78 is 20.0. The molecule has 162 valence electrons. The van der Waals surface area contributed by atoms with Gasteiger partial charge in [0.25, 0.3) is 0 Å². The normalized spacial score (nSPS) is 22.0. The fourth-order valence-corrected chi connectivity index (χ4v) is 4.13. The summed E-state index contributed by atoms with van der Waals surface area (Å²) in [5.41, 5.74) is 2.13. The summed E-state index contributed by atoms with van der Waals surface area (Å²) in [5, 5.41) is 0. The molecule has 2 unspecified atom stereocenters. The van der Waals surface area contributed by atoms with Crippen LogP contribution in [0.5, 0.6) is 5.75 Å². The van der Waals surface area contributed by atoms with Crippen molar-refractivity contribution in [2.24, 2.45) is 7.05 Å². The number of hydrogen-bond donors (Lipinski definition) is 0. The molecule has 3 aromatic rings. The highest BCUT2D eigenvalue weighted by molar-refractivity contribution is 5.46. The largest absolute Gasteiger partial charge is 0.487 e. The predicted molar refractivity (Wildman–Crippen MR) is 118 cm³/mol. The van der Waals surface area contributed by atoms with Crippen LogP contribution in [0.3, 0.4) is 0 Å². The van der Waals surface area contributed by atoms with Gasteiger partial charge in [-0.05, 0) is 24.3 Å². The monoisotopic (exact) mass is 420 g/mol. The van der Waals surface area contributed by atoms with E-state index in [1.54, 1.807) is 0 Å². The predicted octanol–water partition coefficient (Wildman–Crippen LogP) is 3.19. The molecule has 2 aliphatic heterocycles. The van der Waals surface area contributed by atoms with Gasteiger partial charge in [0, 0.05) is 45.1 Å². The van der Waals surface area contributed by atoms with Crippen LogP contribution >= 0.6 is 0 Å². The summed E-state index contributed by atoms with van der Waals surface area (Å²) in [5.74, 6) is 1.61. The van der Waals surface area contributed by atoms with Gasteiger partial charge in [0.05, 0.1) is 12.3 Å². The Balaban J connectivity index is 1.15. The molecule has 2 aliphatic rings. The zero-order valence-electron chi connectivity index (χ0n) is 17.8. The third kappa shape index (κ3) is 4.58. The Kier molecular flexibility index (Phi) is 5.88. The standard InChI is InChI=1S/C24H28N4O3/c1-26-16-19(17-29-21-10-6-3-7-11-21)25-23(26)24-30-18-22(31-24)28-14-12-27(13-15-28)20-8-4-2-5-9-20/h2-11,16,22,24H,12-15,17-18H2,1H3. The lowest BCUT2D eigenvalue weighted by Crippen LogP contribution is -2.51. The molecule has 0 saturated carbocycles. The number of imidazole rings is 1. The Hall–Kier alpha value is -2.87. The molecule has 7 nitrogen and oxygen atoms in total. The smallest absolute Gasteiger partial charge is 0.219 e. The maximum absolute atomic E-state index is 6.25. The number of ether oxygens (including phenoxy) is 3. The van der Waals surface area contributed by atoms with Crippen LogP contribution in [-0.2, 0) is 23.1 Å². The molecule has 2 fully saturated rings. The first kappa shape index (κ1) is 20.1. The Morgan fingerprint density at radius 1 is 0.968 bits per heavy atom. The molecular weight excluding hydrogens is 392 g/mol. The van der Waals surface area contributed by atoms with E-state index in [9.17, 15) is 0 Å². The molecule has 1 aromatic heterocycles. The first-order valence-corrected chi connectivity index (χ1v) is 10.8. The maximum Gasteiger partial charge on any atom is 0.219 e. The van der Waals surface area contributed by atoms with E-state index in [-0.39, 0.29) is 6.23 Å². The van der Waals surface area contributed by atoms with Gasteiger partial charge in [-0.2, -0.15) is 0 Å². The molecule has 2 atom stereocenters. The SMILES string of the molecule is Cn1cc(COc2ccccc2)nc1C1OCC(N2CCN(c3ccccc3)CC2)O1. The van der Waals surface area contributed by atoms with Crippen LogP contribution < -0.4 is 9.64 Å². The Morgan fingerprint density at radius 3 is 2.42 bits per heavy atom. The van der Waals surface area contributed by atoms with Crippen molar-refractivity contribution >= 4 is 5.69 Å². The van der Waals surface area contributed by atoms with E-state index in [0.717, 1.165) is 43.4 Å². The summed E-state index contributed by atoms with van der Waals surface area (Å²) in [4.78, 5) is 9.48. The van der Waals surface area contributed by atoms with Crippen LogP contribution in [0.2, 0.25) is 0 Å². The summed E-state index contributed by atoms with van der Waals surface area (Å²) in [6, 6.07) is 20.3. The summed E-state index contributed by atoms with van der Waals surface area (Å²) >= 11 is 0. The second-order valence-corrected chi connectivity index (χ2v) is 7.92. The van der Waals surface area contributed by atoms with Crippen LogP contribution in [0.25, 0.3) is 0 Å². The van der Waals surface area contributed by atoms with Crippen LogP contribution in [0.15, 0.2) is 66.9 Å². The molecule has 2 saturated heterocycles. The highest BCUT2D eigenvalue weighted by Crippen LogP contribution is 2.29. The number of benzene rings is 2. The van der Waals surface area contributed by atoms with Gasteiger partial charge in [0.1, 0.15) is 18.6 Å². The Morgan fingerprint density at radius 2 is 1.68 bits per heavy atom. The average molecular weight is 421 g/mol. The van der Waals surface area contributed by atoms with Gasteiger partial charge in [-0.1, -0.05) is 36.4 Å². The highest BCUT2D eigenvalue weighted by Gasteiger charge is 2.35. The van der Waals surface area contributed by atoms with E-state index >= 15 is 0 Å². The molecule has 0 aliphatic carbocycles. The summed E-state index contributed by atoms with van der Waals surface area (Å²) in [6.07, 6.45) is 1.48. The zero-order valence-corrected chi connectivity index (χ0v) is 17.8. The van der Waals surface area contributed by atoms with E-state index < -0.39 is 6.29 Å². The van der Waals surface area contributed by atoms with Crippen molar-refractivity contribution in [1.29, 1.82) is 0 Å². The first-order valence-electron chi connectivity index (χ1n) is 10.8. The number of hydrogen-bond acceptors (Lipinski definition) is 6. The van der Waals surface area contributed by atoms with E-state index in [0.29, 0.717) is 13.2 Å². The van der Waals surface area contributed by atoms with Crippen molar-refractivity contribution in [2.75, 3.05) is 37.7 Å². The van der Waals surface area contributed by atoms with Gasteiger partial charge in [-0.15, -0.1) is 0 Å². The zero-order chi connectivity index (χ0) is 21.0. The number of para-hydroxylation sites is 2. The second kappa shape index (κ2) is 9.09. The number of anilines is 1. The topological polar surface area (TPSA) is 52.0 Å². The fraction of sp³-hybridized carbons (Fsp3) is 0.375. The van der Waals surface area contributed by atoms with Gasteiger partial charge < -0.3 is 23.7 Å². The lowest BCUT2D eigenvalue weighted by Gasteiger charge is -2.38. The number of piperazine rings is 1. The molecule has 2 aromatic carbocycles. The average Bonchev–Trinajstić information content (AvgIpc) is 3.46. The van der Waals surface area contributed by atoms with Crippen molar-refractivity contribution in [3.63, 3.8) is 0 Å². The number of aryl methyl sites for hydroxylation is 1. The molecule has 0 radical (unpaired) electrons. The van der Waals surface area contributed by atoms with Gasteiger partial charge in [-0.3, -0.25) is 4.90 Å². The number of nitrogens with zero attached hydrogens (tertiary/aromatic N) is 4. The Bertz CT molecular complexity index is 971. The minimum atomic E-state index is -0.451. The molecule has 7 heteroatoms. The number of rotatable bonds is 6. The van der Waals surface area contributed by atoms with Crippen molar-refractivity contribution in [1.82, 2.24) is 14.5 Å². The van der Waals surface area contributed by atoms with Crippen molar-refractivity contribution in [3.8, 4) is 5.75 Å². The molecule has 3 heterocycles. The highest BCUT2D eigenvalue weighted by atomic mass is 16.7. The van der Waals surface area contributed by atoms with Gasteiger partial charge >= 0.3 is 0 Å². The van der Waals surface area contributed by atoms with Crippen LogP contribution in [-0.4, -0.2) is 53.5 Å². The van der Waals surface area contributed by atoms with Gasteiger partial charge in [-0.25, -0.2) is 4.98 Å². The lowest BCUT2D eigenvalue weighted by atomic mass is 10.2. The molecule has 31 heavy (non-hydrogen) atoms. The molecular formula is C24H28N4O3. The molecule has 0 spiro atoms. The summed E-state index contributed by atoms with van der Waals surface area (Å²) in [6.45, 7) is 4.84. The van der Waals surface area contributed by atoms with Crippen molar-refractivity contribution < 1.29 is 14.2 Å². The third-order valence-electron chi connectivity index (χ3n) is 5.82. The van der Waals surface area contributed by atoms with Gasteiger partial charge in [0.15, 0.2) is 5.82 Å². The maximum atomic E-state index is 6.25. The second-order valence-electron chi connectivity index (χ2n) is 7.92. The van der Waals surface area contributed by atoms with Crippen LogP contribution in [0, 0.1) is 0 Å². The van der Waals surface area contributed by atoms with Crippen LogP contribution in [0.1, 0.15) is 17.8 Å². The molecule has 0 amide bonds. The minimum Gasteiger partial charge on any atom is -0.487 e. The quantitative estimate of drug-likeness (QED) is 0.611. The summed E-state index contributed by atoms with van der Waals surface area (Å²) in [7, 11) is 1.97. The van der Waals surface area contributed by atoms with Crippen molar-refractivity contribution in [3.05, 3.63) is 78.4 Å². The Labute approximate surface area is 182 Å². The molecule has 0 N–H and O–H groups in total. The van der Waals surface area contributed by atoms with Crippen molar-refractivity contribution in [2.45, 2.75) is 19.1 Å². The lowest BCUT2D eigenvalue weighted by molar-refractivity contribution is -0.102. The van der Waals surface area contributed by atoms with Gasteiger partial charge in [0.2, 0.25) is 6.29 Å². The number of aromatic nitrogens is 2. The fourth-order valence-electron chi connectivity index (χ4n) is 4.13. The van der Waals surface area contributed by atoms with E-state index in [4.69, 9.17) is 19.2 Å². The van der Waals surface area contributed by atoms with E-state index in [2.05, 4.69) is 40.1 Å².